The van der Waals surface area contributed by atoms with Gasteiger partial charge in [0.05, 0.1) is 19.2 Å². The third-order valence-corrected chi connectivity index (χ3v) is 3.70. The van der Waals surface area contributed by atoms with Gasteiger partial charge in [-0.3, -0.25) is 9.59 Å². The van der Waals surface area contributed by atoms with Crippen LogP contribution in [0.1, 0.15) is 13.3 Å². The van der Waals surface area contributed by atoms with Crippen molar-refractivity contribution in [3.63, 3.8) is 0 Å². The van der Waals surface area contributed by atoms with Crippen LogP contribution in [0.2, 0.25) is 0 Å². The predicted molar refractivity (Wildman–Crippen MR) is 95.8 cm³/mol. The number of hydrogen-bond donors (Lipinski definition) is 2. The van der Waals surface area contributed by atoms with Gasteiger partial charge in [-0.1, -0.05) is 18.2 Å². The second-order valence-corrected chi connectivity index (χ2v) is 5.47. The van der Waals surface area contributed by atoms with Crippen LogP contribution in [0, 0.1) is 0 Å². The lowest BCUT2D eigenvalue weighted by Crippen LogP contribution is -2.17. The molecule has 25 heavy (non-hydrogen) atoms. The number of anilines is 1. The van der Waals surface area contributed by atoms with Crippen LogP contribution in [0.3, 0.4) is 0 Å². The number of ether oxygens (including phenoxy) is 1. The molecule has 2 aromatic carbocycles. The molecule has 1 heterocycles. The topological polar surface area (TPSA) is 92.9 Å². The minimum Gasteiger partial charge on any atom is -0.495 e. The van der Waals surface area contributed by atoms with Gasteiger partial charge in [-0.2, -0.15) is 5.10 Å². The van der Waals surface area contributed by atoms with Crippen LogP contribution in [0.15, 0.2) is 45.9 Å². The number of fused-ring (bicyclic) bond motifs is 3. The van der Waals surface area contributed by atoms with E-state index in [-0.39, 0.29) is 12.3 Å². The molecule has 0 fully saturated rings. The summed E-state index contributed by atoms with van der Waals surface area (Å²) < 4.78 is 11.2. The summed E-state index contributed by atoms with van der Waals surface area (Å²) >= 11 is 0. The minimum atomic E-state index is -0.275. The van der Waals surface area contributed by atoms with E-state index in [0.29, 0.717) is 29.1 Å². The first-order valence-corrected chi connectivity index (χ1v) is 7.64. The Morgan fingerprint density at radius 2 is 2.04 bits per heavy atom. The number of hydrazone groups is 1. The molecule has 1 aromatic heterocycles. The molecular formula is C18H17N3O4. The van der Waals surface area contributed by atoms with Crippen LogP contribution in [-0.4, -0.2) is 25.1 Å². The first kappa shape index (κ1) is 16.5. The predicted octanol–water partition coefficient (Wildman–Crippen LogP) is 3.05. The van der Waals surface area contributed by atoms with Gasteiger partial charge in [0.2, 0.25) is 12.3 Å². The first-order chi connectivity index (χ1) is 12.1. The molecule has 2 N–H and O–H groups in total. The van der Waals surface area contributed by atoms with Crippen molar-refractivity contribution in [1.29, 1.82) is 0 Å². The minimum absolute atomic E-state index is 0.0438. The van der Waals surface area contributed by atoms with Gasteiger partial charge in [-0.15, -0.1) is 0 Å². The Kier molecular flexibility index (Phi) is 4.65. The lowest BCUT2D eigenvalue weighted by atomic mass is 10.1. The zero-order chi connectivity index (χ0) is 17.8. The summed E-state index contributed by atoms with van der Waals surface area (Å²) in [5, 5.41) is 8.42. The maximum absolute atomic E-state index is 12.2. The zero-order valence-corrected chi connectivity index (χ0v) is 13.8. The second-order valence-electron chi connectivity index (χ2n) is 5.47. The number of methoxy groups -OCH3 is 1. The second kappa shape index (κ2) is 7.04. The molecule has 7 heteroatoms. The van der Waals surface area contributed by atoms with E-state index in [0.717, 1.165) is 16.4 Å². The molecule has 0 radical (unpaired) electrons. The third kappa shape index (κ3) is 3.45. The van der Waals surface area contributed by atoms with Crippen LogP contribution < -0.4 is 15.5 Å². The smallest absolute Gasteiger partial charge is 0.230 e. The number of amides is 2. The van der Waals surface area contributed by atoms with E-state index in [1.807, 2.05) is 30.3 Å². The van der Waals surface area contributed by atoms with E-state index in [4.69, 9.17) is 9.15 Å². The number of carbonyl (C=O) groups excluding carboxylic acids is 2. The Labute approximate surface area is 143 Å². The monoisotopic (exact) mass is 339 g/mol. The average molecular weight is 339 g/mol. The Hall–Kier alpha value is -3.35. The summed E-state index contributed by atoms with van der Waals surface area (Å²) in [7, 11) is 1.54. The third-order valence-electron chi connectivity index (χ3n) is 3.70. The molecule has 128 valence electrons. The summed E-state index contributed by atoms with van der Waals surface area (Å²) in [5.41, 5.74) is 4.58. The van der Waals surface area contributed by atoms with Gasteiger partial charge in [0.15, 0.2) is 0 Å². The van der Waals surface area contributed by atoms with Gasteiger partial charge >= 0.3 is 0 Å². The summed E-state index contributed by atoms with van der Waals surface area (Å²) in [5.74, 6) is 0.260. The van der Waals surface area contributed by atoms with Crippen molar-refractivity contribution in [1.82, 2.24) is 5.43 Å². The molecule has 2 amide bonds. The van der Waals surface area contributed by atoms with E-state index in [1.165, 1.54) is 0 Å². The highest BCUT2D eigenvalue weighted by atomic mass is 16.5. The van der Waals surface area contributed by atoms with Crippen LogP contribution in [0.4, 0.5) is 5.69 Å². The summed E-state index contributed by atoms with van der Waals surface area (Å²) in [6.07, 6.45) is 0.488. The molecule has 3 aromatic rings. The molecule has 0 spiro atoms. The number of nitrogens with zero attached hydrogens (tertiary/aromatic N) is 1. The van der Waals surface area contributed by atoms with Gasteiger partial charge in [0.1, 0.15) is 16.9 Å². The molecule has 0 atom stereocenters. The average Bonchev–Trinajstić information content (AvgIpc) is 2.96. The summed E-state index contributed by atoms with van der Waals surface area (Å²) in [4.78, 5) is 22.4. The van der Waals surface area contributed by atoms with Crippen molar-refractivity contribution in [2.24, 2.45) is 5.10 Å². The zero-order valence-electron chi connectivity index (χ0n) is 13.8. The molecule has 0 aliphatic carbocycles. The first-order valence-electron chi connectivity index (χ1n) is 7.64. The fraction of sp³-hybridized carbons (Fsp3) is 0.167. The van der Waals surface area contributed by atoms with Gasteiger partial charge < -0.3 is 14.5 Å². The lowest BCUT2D eigenvalue weighted by Gasteiger charge is -2.10. The van der Waals surface area contributed by atoms with Crippen molar-refractivity contribution in [2.45, 2.75) is 13.3 Å². The number of rotatable bonds is 6. The Bertz CT molecular complexity index is 975. The van der Waals surface area contributed by atoms with Crippen molar-refractivity contribution in [3.05, 3.63) is 36.4 Å². The normalized spacial score (nSPS) is 11.5. The summed E-state index contributed by atoms with van der Waals surface area (Å²) in [6, 6.07) is 11.3. The van der Waals surface area contributed by atoms with E-state index in [9.17, 15) is 9.59 Å². The molecule has 0 bridgehead atoms. The number of nitrogens with one attached hydrogen (secondary N) is 2. The van der Waals surface area contributed by atoms with Crippen LogP contribution in [0.5, 0.6) is 5.75 Å². The van der Waals surface area contributed by atoms with Crippen LogP contribution >= 0.6 is 0 Å². The molecule has 0 aliphatic rings. The van der Waals surface area contributed by atoms with E-state index >= 15 is 0 Å². The molecular weight excluding hydrogens is 322 g/mol. The Morgan fingerprint density at radius 3 is 2.80 bits per heavy atom. The highest BCUT2D eigenvalue weighted by molar-refractivity contribution is 6.10. The van der Waals surface area contributed by atoms with Crippen molar-refractivity contribution in [3.8, 4) is 5.75 Å². The van der Waals surface area contributed by atoms with E-state index < -0.39 is 0 Å². The fourth-order valence-corrected chi connectivity index (χ4v) is 2.62. The lowest BCUT2D eigenvalue weighted by molar-refractivity contribution is -0.115. The largest absolute Gasteiger partial charge is 0.495 e. The maximum atomic E-state index is 12.2. The van der Waals surface area contributed by atoms with Crippen molar-refractivity contribution in [2.75, 3.05) is 12.4 Å². The molecule has 0 saturated heterocycles. The number of carbonyl (C=O) groups is 2. The molecule has 0 saturated carbocycles. The highest BCUT2D eigenvalue weighted by Gasteiger charge is 2.14. The summed E-state index contributed by atoms with van der Waals surface area (Å²) in [6.45, 7) is 1.65. The fourth-order valence-electron chi connectivity index (χ4n) is 2.62. The van der Waals surface area contributed by atoms with E-state index in [2.05, 4.69) is 15.8 Å². The molecule has 7 nitrogen and oxygen atoms in total. The van der Waals surface area contributed by atoms with Crippen LogP contribution in [-0.2, 0) is 9.59 Å². The molecule has 0 aliphatic heterocycles. The number of furan rings is 1. The van der Waals surface area contributed by atoms with Gasteiger partial charge in [-0.05, 0) is 19.1 Å². The van der Waals surface area contributed by atoms with Gasteiger partial charge in [0, 0.05) is 22.6 Å². The Balaban J connectivity index is 1.91. The standard InChI is InChI=1S/C18H17N3O4/c1-11(21-19-10-22)7-18(23)20-14-9-16-13(8-17(14)24-2)12-5-3-4-6-15(12)25-16/h3-6,8-10H,7H2,1-2H3,(H,19,22)(H,20,23)/b21-11+. The van der Waals surface area contributed by atoms with Gasteiger partial charge in [-0.25, -0.2) is 5.43 Å². The quantitative estimate of drug-likeness (QED) is 0.410. The highest BCUT2D eigenvalue weighted by Crippen LogP contribution is 2.36. The SMILES string of the molecule is COc1cc2c(cc1NC(=O)C/C(C)=N/NC=O)oc1ccccc12. The van der Waals surface area contributed by atoms with Gasteiger partial charge in [0.25, 0.3) is 0 Å². The van der Waals surface area contributed by atoms with E-state index in [1.54, 1.807) is 20.1 Å². The molecule has 3 rings (SSSR count). The molecule has 0 unspecified atom stereocenters. The number of para-hydroxylation sites is 1. The Morgan fingerprint density at radius 1 is 1.24 bits per heavy atom. The maximum Gasteiger partial charge on any atom is 0.230 e. The van der Waals surface area contributed by atoms with Crippen LogP contribution in [0.25, 0.3) is 21.9 Å². The number of hydrogen-bond acceptors (Lipinski definition) is 5. The van der Waals surface area contributed by atoms with Crippen molar-refractivity contribution < 1.29 is 18.7 Å². The van der Waals surface area contributed by atoms with Crippen molar-refractivity contribution >= 4 is 45.7 Å². The number of benzene rings is 2.